The van der Waals surface area contributed by atoms with Gasteiger partial charge in [-0.15, -0.1) is 0 Å². The van der Waals surface area contributed by atoms with E-state index >= 15 is 0 Å². The third-order valence-electron chi connectivity index (χ3n) is 7.97. The highest BCUT2D eigenvalue weighted by Crippen LogP contribution is 2.37. The van der Waals surface area contributed by atoms with Crippen LogP contribution in [0.4, 0.5) is 4.39 Å². The van der Waals surface area contributed by atoms with E-state index in [2.05, 4.69) is 10.2 Å². The van der Waals surface area contributed by atoms with Gasteiger partial charge >= 0.3 is 0 Å². The molecule has 2 aliphatic rings. The Hall–Kier alpha value is -1.75. The van der Waals surface area contributed by atoms with E-state index in [1.807, 2.05) is 26.2 Å². The molecule has 1 N–H and O–H groups in total. The molecule has 1 saturated carbocycles. The summed E-state index contributed by atoms with van der Waals surface area (Å²) in [6.07, 6.45) is 5.94. The molecular formula is C29H38Cl2FN3O4S. The number of ether oxygens (including phenoxy) is 1. The molecule has 4 rings (SSSR count). The number of hydrogen-bond acceptors (Lipinski definition) is 5. The number of carbonyl (C=O) groups excluding carboxylic acids is 1. The summed E-state index contributed by atoms with van der Waals surface area (Å²) in [6, 6.07) is 10.9. The van der Waals surface area contributed by atoms with Crippen LogP contribution in [0, 0.1) is 11.7 Å². The van der Waals surface area contributed by atoms with Gasteiger partial charge in [0.15, 0.2) is 0 Å². The summed E-state index contributed by atoms with van der Waals surface area (Å²) in [4.78, 5) is 14.9. The van der Waals surface area contributed by atoms with Crippen LogP contribution in [0.5, 0.6) is 0 Å². The lowest BCUT2D eigenvalue weighted by Gasteiger charge is -2.38. The van der Waals surface area contributed by atoms with Crippen molar-refractivity contribution < 1.29 is 22.3 Å². The smallest absolute Gasteiger partial charge is 0.246 e. The quantitative estimate of drug-likeness (QED) is 0.373. The lowest BCUT2D eigenvalue weighted by atomic mass is 9.78. The first kappa shape index (κ1) is 31.2. The minimum atomic E-state index is -3.78. The summed E-state index contributed by atoms with van der Waals surface area (Å²) in [5, 5.41) is 3.57. The first-order valence-corrected chi connectivity index (χ1v) is 16.0. The maximum absolute atomic E-state index is 13.4. The van der Waals surface area contributed by atoms with Crippen molar-refractivity contribution in [3.8, 4) is 0 Å². The van der Waals surface area contributed by atoms with Crippen molar-refractivity contribution in [3.63, 3.8) is 0 Å². The van der Waals surface area contributed by atoms with E-state index < -0.39 is 10.0 Å². The third-order valence-corrected chi connectivity index (χ3v) is 10.7. The zero-order valence-corrected chi connectivity index (χ0v) is 25.3. The van der Waals surface area contributed by atoms with Gasteiger partial charge in [0.2, 0.25) is 15.9 Å². The largest absolute Gasteiger partial charge is 0.370 e. The van der Waals surface area contributed by atoms with Crippen molar-refractivity contribution >= 4 is 39.1 Å². The minimum absolute atomic E-state index is 0.0737. The zero-order chi connectivity index (χ0) is 28.9. The Balaban J connectivity index is 1.25. The molecule has 0 spiro atoms. The van der Waals surface area contributed by atoms with E-state index in [-0.39, 0.29) is 53.0 Å². The normalized spacial score (nSPS) is 23.2. The molecule has 2 aromatic carbocycles. The number of amides is 1. The number of rotatable bonds is 10. The second kappa shape index (κ2) is 13.9. The first-order chi connectivity index (χ1) is 19.1. The molecular weight excluding hydrogens is 576 g/mol. The summed E-state index contributed by atoms with van der Waals surface area (Å²) in [7, 11) is 0.311. The fraction of sp³-hybridized carbons (Fsp3) is 0.552. The molecule has 1 aliphatic heterocycles. The topological polar surface area (TPSA) is 79.0 Å². The van der Waals surface area contributed by atoms with E-state index in [4.69, 9.17) is 27.9 Å². The highest BCUT2D eigenvalue weighted by molar-refractivity contribution is 7.89. The van der Waals surface area contributed by atoms with Crippen LogP contribution in [-0.4, -0.2) is 69.5 Å². The van der Waals surface area contributed by atoms with E-state index in [0.29, 0.717) is 23.9 Å². The molecule has 2 aromatic rings. The first-order valence-electron chi connectivity index (χ1n) is 13.8. The predicted octanol–water partition coefficient (Wildman–Crippen LogP) is 5.67. The Bertz CT molecular complexity index is 1250. The van der Waals surface area contributed by atoms with Gasteiger partial charge in [-0.25, -0.2) is 12.8 Å². The molecule has 1 saturated heterocycles. The number of nitrogens with zero attached hydrogens (tertiary/aromatic N) is 2. The van der Waals surface area contributed by atoms with Gasteiger partial charge in [-0.2, -0.15) is 4.31 Å². The molecule has 11 heteroatoms. The summed E-state index contributed by atoms with van der Waals surface area (Å²) >= 11 is 12.0. The van der Waals surface area contributed by atoms with Crippen molar-refractivity contribution in [2.45, 2.75) is 68.0 Å². The Morgan fingerprint density at radius 1 is 1.05 bits per heavy atom. The monoisotopic (exact) mass is 613 g/mol. The molecule has 0 radical (unpaired) electrons. The Labute approximate surface area is 247 Å². The van der Waals surface area contributed by atoms with E-state index in [0.717, 1.165) is 44.1 Å². The van der Waals surface area contributed by atoms with Crippen LogP contribution in [-0.2, 0) is 19.6 Å². The van der Waals surface area contributed by atoms with Gasteiger partial charge in [0.1, 0.15) is 12.4 Å². The number of hydrogen-bond donors (Lipinski definition) is 1. The van der Waals surface area contributed by atoms with Crippen LogP contribution >= 0.6 is 23.2 Å². The van der Waals surface area contributed by atoms with Gasteiger partial charge in [0.25, 0.3) is 0 Å². The Kier molecular flexibility index (Phi) is 10.9. The summed E-state index contributed by atoms with van der Waals surface area (Å²) in [5.74, 6) is -0.0142. The van der Waals surface area contributed by atoms with Crippen molar-refractivity contribution in [1.82, 2.24) is 14.5 Å². The van der Waals surface area contributed by atoms with Gasteiger partial charge in [-0.1, -0.05) is 41.8 Å². The molecule has 1 heterocycles. The molecule has 2 fully saturated rings. The van der Waals surface area contributed by atoms with Crippen LogP contribution in [0.3, 0.4) is 0 Å². The van der Waals surface area contributed by atoms with Crippen molar-refractivity contribution in [2.75, 3.05) is 33.9 Å². The van der Waals surface area contributed by atoms with Gasteiger partial charge < -0.3 is 15.0 Å². The number of nitrogens with one attached hydrogen (secondary N) is 1. The maximum Gasteiger partial charge on any atom is 0.246 e. The van der Waals surface area contributed by atoms with E-state index in [9.17, 15) is 17.6 Å². The molecule has 0 aromatic heterocycles. The standard InChI is InChI=1S/C29H38Cl2FN3O4S/c1-34(2)29(20-6-10-22(32)11-7-20)21-8-12-23(13-9-21)33-28(36)19-39-18-24-5-3-4-16-35(24)40(37,38)25-14-15-26(30)27(31)17-25/h6-7,10-11,14-15,17,21,23-24,29H,3-5,8-9,12-13,16,18-19H2,1-2H3,(H,33,36). The summed E-state index contributed by atoms with van der Waals surface area (Å²) in [6.45, 7) is 0.411. The second-order valence-corrected chi connectivity index (χ2v) is 13.7. The van der Waals surface area contributed by atoms with Crippen molar-refractivity contribution in [1.29, 1.82) is 0 Å². The van der Waals surface area contributed by atoms with Gasteiger partial charge in [-0.05, 0) is 94.4 Å². The lowest BCUT2D eigenvalue weighted by Crippen LogP contribution is -2.46. The Morgan fingerprint density at radius 3 is 2.40 bits per heavy atom. The molecule has 1 aliphatic carbocycles. The summed E-state index contributed by atoms with van der Waals surface area (Å²) in [5.41, 5.74) is 1.10. The summed E-state index contributed by atoms with van der Waals surface area (Å²) < 4.78 is 47.2. The number of benzene rings is 2. The van der Waals surface area contributed by atoms with Crippen LogP contribution in [0.15, 0.2) is 47.4 Å². The Morgan fingerprint density at radius 2 is 1.75 bits per heavy atom. The fourth-order valence-corrected chi connectivity index (χ4v) is 8.09. The average Bonchev–Trinajstić information content (AvgIpc) is 2.92. The number of piperidine rings is 1. The van der Waals surface area contributed by atoms with Gasteiger partial charge in [-0.3, -0.25) is 4.79 Å². The van der Waals surface area contributed by atoms with Crippen molar-refractivity contribution in [3.05, 3.63) is 63.9 Å². The predicted molar refractivity (Wildman–Crippen MR) is 156 cm³/mol. The number of halogens is 3. The average molecular weight is 615 g/mol. The molecule has 2 atom stereocenters. The fourth-order valence-electron chi connectivity index (χ4n) is 6.02. The zero-order valence-electron chi connectivity index (χ0n) is 23.0. The molecule has 40 heavy (non-hydrogen) atoms. The van der Waals surface area contributed by atoms with Crippen LogP contribution in [0.2, 0.25) is 10.0 Å². The maximum atomic E-state index is 13.4. The minimum Gasteiger partial charge on any atom is -0.370 e. The van der Waals surface area contributed by atoms with Crippen LogP contribution < -0.4 is 5.32 Å². The van der Waals surface area contributed by atoms with E-state index in [1.165, 1.54) is 34.6 Å². The van der Waals surface area contributed by atoms with Crippen LogP contribution in [0.1, 0.15) is 56.6 Å². The van der Waals surface area contributed by atoms with Crippen LogP contribution in [0.25, 0.3) is 0 Å². The molecule has 2 unspecified atom stereocenters. The number of carbonyl (C=O) groups is 1. The molecule has 0 bridgehead atoms. The number of sulfonamides is 1. The lowest BCUT2D eigenvalue weighted by molar-refractivity contribution is -0.127. The SMILES string of the molecule is CN(C)C(c1ccc(F)cc1)C1CCC(NC(=O)COCC2CCCCN2S(=O)(=O)c2ccc(Cl)c(Cl)c2)CC1. The second-order valence-electron chi connectivity index (χ2n) is 11.0. The highest BCUT2D eigenvalue weighted by atomic mass is 35.5. The van der Waals surface area contributed by atoms with Gasteiger partial charge in [0, 0.05) is 24.7 Å². The molecule has 1 amide bonds. The molecule has 7 nitrogen and oxygen atoms in total. The van der Waals surface area contributed by atoms with E-state index in [1.54, 1.807) is 0 Å². The van der Waals surface area contributed by atoms with Crippen molar-refractivity contribution in [2.24, 2.45) is 5.92 Å². The third kappa shape index (κ3) is 7.75. The van der Waals surface area contributed by atoms with Gasteiger partial charge in [0.05, 0.1) is 21.5 Å². The molecule has 220 valence electrons. The highest BCUT2D eigenvalue weighted by Gasteiger charge is 2.34.